The Morgan fingerprint density at radius 1 is 1.03 bits per heavy atom. The third kappa shape index (κ3) is 4.29. The van der Waals surface area contributed by atoms with Crippen molar-refractivity contribution in [3.63, 3.8) is 0 Å². The second kappa shape index (κ2) is 10.2. The van der Waals surface area contributed by atoms with Crippen molar-refractivity contribution in [2.45, 2.75) is 63.3 Å². The molecule has 1 N–H and O–H groups in total. The van der Waals surface area contributed by atoms with Gasteiger partial charge < -0.3 is 19.7 Å². The van der Waals surface area contributed by atoms with Crippen LogP contribution < -0.4 is 14.8 Å². The molecule has 1 unspecified atom stereocenters. The minimum absolute atomic E-state index is 0.00698. The van der Waals surface area contributed by atoms with Crippen molar-refractivity contribution < 1.29 is 32.2 Å². The molecule has 0 bridgehead atoms. The average molecular weight is 531 g/mol. The number of carbonyl (C=O) groups is 2. The molecule has 204 valence electrons. The molecular weight excluding hydrogens is 497 g/mol. The number of likely N-dealkylation sites (tertiary alicyclic amines) is 1. The van der Waals surface area contributed by atoms with Crippen LogP contribution in [0, 0.1) is 22.9 Å². The molecule has 2 aromatic carbocycles. The van der Waals surface area contributed by atoms with Gasteiger partial charge in [-0.2, -0.15) is 4.39 Å². The summed E-state index contributed by atoms with van der Waals surface area (Å²) in [5, 5.41) is 3.33. The number of benzene rings is 2. The zero-order valence-electron chi connectivity index (χ0n) is 21.7. The summed E-state index contributed by atoms with van der Waals surface area (Å²) in [4.78, 5) is 28.1. The van der Waals surface area contributed by atoms with Crippen LogP contribution in [0.15, 0.2) is 30.3 Å². The van der Waals surface area contributed by atoms with Gasteiger partial charge in [0.05, 0.1) is 24.7 Å². The lowest BCUT2D eigenvalue weighted by Gasteiger charge is -2.55. The molecule has 1 saturated heterocycles. The fraction of sp³-hybridized carbons (Fsp3) is 0.517. The van der Waals surface area contributed by atoms with Crippen LogP contribution in [0.2, 0.25) is 0 Å². The van der Waals surface area contributed by atoms with E-state index >= 15 is 0 Å². The Morgan fingerprint density at radius 3 is 2.24 bits per heavy atom. The quantitative estimate of drug-likeness (QED) is 0.504. The summed E-state index contributed by atoms with van der Waals surface area (Å²) in [5.41, 5.74) is -0.188. The van der Waals surface area contributed by atoms with Crippen LogP contribution in [0.5, 0.6) is 11.5 Å². The van der Waals surface area contributed by atoms with E-state index in [2.05, 4.69) is 5.32 Å². The minimum Gasteiger partial charge on any atom is -0.497 e. The molecule has 0 radical (unpaired) electrons. The predicted molar refractivity (Wildman–Crippen MR) is 135 cm³/mol. The Balaban J connectivity index is 1.25. The molecule has 38 heavy (non-hydrogen) atoms. The summed E-state index contributed by atoms with van der Waals surface area (Å²) in [6.45, 7) is 2.14. The number of halogens is 3. The highest BCUT2D eigenvalue weighted by Gasteiger charge is 2.52. The topological polar surface area (TPSA) is 67.9 Å². The monoisotopic (exact) mass is 530 g/mol. The van der Waals surface area contributed by atoms with Gasteiger partial charge in [-0.25, -0.2) is 8.78 Å². The van der Waals surface area contributed by atoms with Gasteiger partial charge in [0, 0.05) is 19.1 Å². The molecule has 1 spiro atoms. The van der Waals surface area contributed by atoms with Gasteiger partial charge in [-0.05, 0) is 74.6 Å². The zero-order valence-corrected chi connectivity index (χ0v) is 21.7. The third-order valence-electron chi connectivity index (χ3n) is 8.94. The van der Waals surface area contributed by atoms with Crippen molar-refractivity contribution in [2.24, 2.45) is 5.41 Å². The maximum atomic E-state index is 14.8. The van der Waals surface area contributed by atoms with Crippen LogP contribution in [0.25, 0.3) is 0 Å². The number of nitrogens with zero attached hydrogens (tertiary/aromatic N) is 1. The van der Waals surface area contributed by atoms with Crippen LogP contribution in [0.4, 0.5) is 13.2 Å². The van der Waals surface area contributed by atoms with Gasteiger partial charge >= 0.3 is 0 Å². The van der Waals surface area contributed by atoms with E-state index in [1.54, 1.807) is 7.11 Å². The Hall–Kier alpha value is -3.23. The van der Waals surface area contributed by atoms with Gasteiger partial charge in [0.1, 0.15) is 5.75 Å². The van der Waals surface area contributed by atoms with Gasteiger partial charge in [0.15, 0.2) is 17.4 Å². The summed E-state index contributed by atoms with van der Waals surface area (Å²) < 4.78 is 53.1. The Labute approximate surface area is 220 Å². The van der Waals surface area contributed by atoms with Gasteiger partial charge in [0.25, 0.3) is 5.91 Å². The Kier molecular flexibility index (Phi) is 7.05. The molecule has 2 saturated carbocycles. The molecule has 1 heterocycles. The first-order valence-corrected chi connectivity index (χ1v) is 13.3. The lowest BCUT2D eigenvalue weighted by molar-refractivity contribution is -0.134. The number of piperidine rings is 1. The van der Waals surface area contributed by atoms with Crippen LogP contribution >= 0.6 is 0 Å². The highest BCUT2D eigenvalue weighted by molar-refractivity contribution is 5.95. The highest BCUT2D eigenvalue weighted by Crippen LogP contribution is 2.51. The normalized spacial score (nSPS) is 21.3. The number of ether oxygens (including phenoxy) is 2. The summed E-state index contributed by atoms with van der Waals surface area (Å²) in [7, 11) is 1.61. The lowest BCUT2D eigenvalue weighted by atomic mass is 9.58. The summed E-state index contributed by atoms with van der Waals surface area (Å²) in [6, 6.07) is 8.30. The molecule has 2 amide bonds. The molecule has 9 heteroatoms. The molecular formula is C29H33F3N2O4. The summed E-state index contributed by atoms with van der Waals surface area (Å²) in [5.74, 6) is -4.71. The first kappa shape index (κ1) is 26.4. The second-order valence-corrected chi connectivity index (χ2v) is 10.7. The van der Waals surface area contributed by atoms with E-state index in [4.69, 9.17) is 9.47 Å². The highest BCUT2D eigenvalue weighted by atomic mass is 19.2. The standard InChI is InChI=1S/C29H33F3N2O4/c1-3-38-25-23(31)20(17-21(30)24(25)32)26(35)34-15-13-28(14-16-34)12-9-22(28)33-27(36)29(10-4-11-29)18-5-7-19(37-2)8-6-18/h5-8,17,22H,3-4,9-16H2,1-2H3,(H,33,36). The molecule has 5 rings (SSSR count). The van der Waals surface area contributed by atoms with Gasteiger partial charge in [-0.1, -0.05) is 18.6 Å². The number of methoxy groups -OCH3 is 1. The maximum absolute atomic E-state index is 14.8. The van der Waals surface area contributed by atoms with Gasteiger partial charge in [-0.3, -0.25) is 9.59 Å². The number of amides is 2. The SMILES string of the molecule is CCOc1c(F)c(F)cc(C(=O)N2CCC3(CCC3NC(=O)C3(c4ccc(OC)cc4)CCC3)CC2)c1F. The molecule has 3 aliphatic rings. The number of rotatable bonds is 7. The summed E-state index contributed by atoms with van der Waals surface area (Å²) in [6.07, 6.45) is 5.69. The zero-order chi connectivity index (χ0) is 27.1. The molecule has 6 nitrogen and oxygen atoms in total. The van der Waals surface area contributed by atoms with E-state index in [1.165, 1.54) is 11.8 Å². The molecule has 0 aromatic heterocycles. The van der Waals surface area contributed by atoms with E-state index in [0.29, 0.717) is 32.0 Å². The largest absolute Gasteiger partial charge is 0.497 e. The Bertz CT molecular complexity index is 1220. The number of carbonyl (C=O) groups excluding carboxylic acids is 2. The first-order valence-electron chi connectivity index (χ1n) is 13.3. The first-order chi connectivity index (χ1) is 18.2. The van der Waals surface area contributed by atoms with E-state index in [1.807, 2.05) is 24.3 Å². The van der Waals surface area contributed by atoms with Crippen molar-refractivity contribution in [1.29, 1.82) is 0 Å². The molecule has 3 fully saturated rings. The summed E-state index contributed by atoms with van der Waals surface area (Å²) >= 11 is 0. The van der Waals surface area contributed by atoms with Gasteiger partial charge in [-0.15, -0.1) is 0 Å². The third-order valence-corrected chi connectivity index (χ3v) is 8.94. The van der Waals surface area contributed by atoms with E-state index in [-0.39, 0.29) is 24.0 Å². The van der Waals surface area contributed by atoms with Crippen LogP contribution in [-0.4, -0.2) is 49.6 Å². The van der Waals surface area contributed by atoms with Crippen LogP contribution in [-0.2, 0) is 10.2 Å². The molecule has 1 atom stereocenters. The van der Waals surface area contributed by atoms with Crippen molar-refractivity contribution in [2.75, 3.05) is 26.8 Å². The number of nitrogens with one attached hydrogen (secondary N) is 1. The van der Waals surface area contributed by atoms with Crippen molar-refractivity contribution in [1.82, 2.24) is 10.2 Å². The van der Waals surface area contributed by atoms with Crippen LogP contribution in [0.3, 0.4) is 0 Å². The Morgan fingerprint density at radius 2 is 1.71 bits per heavy atom. The fourth-order valence-electron chi connectivity index (χ4n) is 6.24. The van der Waals surface area contributed by atoms with Crippen LogP contribution in [0.1, 0.15) is 67.8 Å². The average Bonchev–Trinajstić information content (AvgIpc) is 2.90. The lowest BCUT2D eigenvalue weighted by Crippen LogP contribution is -2.62. The van der Waals surface area contributed by atoms with E-state index in [0.717, 1.165) is 43.4 Å². The maximum Gasteiger partial charge on any atom is 0.257 e. The van der Waals surface area contributed by atoms with Crippen molar-refractivity contribution >= 4 is 11.8 Å². The van der Waals surface area contributed by atoms with Crippen molar-refractivity contribution in [3.05, 3.63) is 58.9 Å². The fourth-order valence-corrected chi connectivity index (χ4v) is 6.24. The minimum atomic E-state index is -1.44. The number of hydrogen-bond acceptors (Lipinski definition) is 4. The second-order valence-electron chi connectivity index (χ2n) is 10.7. The van der Waals surface area contributed by atoms with Gasteiger partial charge in [0.2, 0.25) is 11.7 Å². The van der Waals surface area contributed by atoms with E-state index < -0.39 is 40.1 Å². The molecule has 2 aliphatic carbocycles. The number of hydrogen-bond donors (Lipinski definition) is 1. The smallest absolute Gasteiger partial charge is 0.257 e. The predicted octanol–water partition coefficient (Wildman–Crippen LogP) is 5.13. The molecule has 2 aromatic rings. The van der Waals surface area contributed by atoms with E-state index in [9.17, 15) is 22.8 Å². The molecule has 1 aliphatic heterocycles. The van der Waals surface area contributed by atoms with Crippen molar-refractivity contribution in [3.8, 4) is 11.5 Å².